The molecule has 1 aliphatic rings. The van der Waals surface area contributed by atoms with E-state index in [0.29, 0.717) is 0 Å². The van der Waals surface area contributed by atoms with E-state index in [9.17, 15) is 0 Å². The van der Waals surface area contributed by atoms with Gasteiger partial charge in [-0.3, -0.25) is 0 Å². The van der Waals surface area contributed by atoms with Crippen molar-refractivity contribution in [3.05, 3.63) is 48.4 Å². The number of allylic oxidation sites excluding steroid dienone is 3. The molecule has 0 unspecified atom stereocenters. The van der Waals surface area contributed by atoms with Gasteiger partial charge in [-0.1, -0.05) is 25.3 Å². The highest BCUT2D eigenvalue weighted by Gasteiger charge is 2.14. The van der Waals surface area contributed by atoms with Crippen molar-refractivity contribution in [2.24, 2.45) is 0 Å². The van der Waals surface area contributed by atoms with Crippen molar-refractivity contribution in [1.29, 1.82) is 0 Å². The number of hydrogen-bond donors (Lipinski definition) is 0. The zero-order chi connectivity index (χ0) is 9.84. The van der Waals surface area contributed by atoms with Gasteiger partial charge in [-0.2, -0.15) is 0 Å². The molecule has 0 aromatic carbocycles. The van der Waals surface area contributed by atoms with Crippen molar-refractivity contribution in [1.82, 2.24) is 4.90 Å². The Balaban J connectivity index is 2.95. The minimum Gasteiger partial charge on any atom is -0.349 e. The molecular weight excluding hydrogens is 158 g/mol. The van der Waals surface area contributed by atoms with Gasteiger partial charge >= 0.3 is 0 Å². The molecule has 0 radical (unpaired) electrons. The summed E-state index contributed by atoms with van der Waals surface area (Å²) in [6.45, 7) is 13.0. The molecule has 70 valence electrons. The van der Waals surface area contributed by atoms with Crippen molar-refractivity contribution in [3.8, 4) is 0 Å². The summed E-state index contributed by atoms with van der Waals surface area (Å²) in [5.41, 5.74) is 3.75. The van der Waals surface area contributed by atoms with Crippen LogP contribution in [0.3, 0.4) is 0 Å². The van der Waals surface area contributed by atoms with Crippen molar-refractivity contribution in [2.45, 2.75) is 20.3 Å². The number of hydrogen-bond acceptors (Lipinski definition) is 1. The largest absolute Gasteiger partial charge is 0.349 e. The molecule has 0 aromatic heterocycles. The lowest BCUT2D eigenvalue weighted by atomic mass is 9.98. The molecule has 1 heteroatoms. The standard InChI is InChI=1S/C12H17N/c1-5-7-12-8-9-13(6-2)11(4)10(12)3/h5-7H,2,4,8-9H2,1,3H3. The quantitative estimate of drug-likeness (QED) is 0.622. The van der Waals surface area contributed by atoms with Crippen LogP contribution in [0.15, 0.2) is 48.4 Å². The summed E-state index contributed by atoms with van der Waals surface area (Å²) < 4.78 is 0. The highest BCUT2D eigenvalue weighted by Crippen LogP contribution is 2.26. The van der Waals surface area contributed by atoms with Crippen molar-refractivity contribution < 1.29 is 0 Å². The van der Waals surface area contributed by atoms with Gasteiger partial charge in [0, 0.05) is 12.2 Å². The molecule has 0 N–H and O–H groups in total. The minimum atomic E-state index is 0.999. The summed E-state index contributed by atoms with van der Waals surface area (Å²) in [6.07, 6.45) is 7.18. The van der Waals surface area contributed by atoms with Crippen LogP contribution in [0.4, 0.5) is 0 Å². The SMILES string of the molecule is C=CN1CCC(C=CC)=C(C)C1=C. The summed E-state index contributed by atoms with van der Waals surface area (Å²) in [4.78, 5) is 2.10. The molecule has 13 heavy (non-hydrogen) atoms. The van der Waals surface area contributed by atoms with E-state index < -0.39 is 0 Å². The van der Waals surface area contributed by atoms with Crippen molar-refractivity contribution in [2.75, 3.05) is 6.54 Å². The van der Waals surface area contributed by atoms with E-state index in [2.05, 4.69) is 37.1 Å². The van der Waals surface area contributed by atoms with Crippen LogP contribution < -0.4 is 0 Å². The Morgan fingerprint density at radius 3 is 2.69 bits per heavy atom. The summed E-state index contributed by atoms with van der Waals surface area (Å²) in [5.74, 6) is 0. The molecule has 0 aromatic rings. The molecule has 1 heterocycles. The summed E-state index contributed by atoms with van der Waals surface area (Å²) in [6, 6.07) is 0. The van der Waals surface area contributed by atoms with Gasteiger partial charge in [-0.15, -0.1) is 0 Å². The van der Waals surface area contributed by atoms with Gasteiger partial charge in [0.1, 0.15) is 0 Å². The number of nitrogens with zero attached hydrogens (tertiary/aromatic N) is 1. The van der Waals surface area contributed by atoms with Crippen LogP contribution >= 0.6 is 0 Å². The summed E-state index contributed by atoms with van der Waals surface area (Å²) >= 11 is 0. The average molecular weight is 175 g/mol. The third kappa shape index (κ3) is 1.92. The lowest BCUT2D eigenvalue weighted by Crippen LogP contribution is -2.23. The van der Waals surface area contributed by atoms with Gasteiger partial charge in [-0.05, 0) is 37.6 Å². The molecule has 0 saturated heterocycles. The van der Waals surface area contributed by atoms with Crippen molar-refractivity contribution in [3.63, 3.8) is 0 Å². The van der Waals surface area contributed by atoms with E-state index in [1.54, 1.807) is 0 Å². The lowest BCUT2D eigenvalue weighted by molar-refractivity contribution is 0.461. The maximum Gasteiger partial charge on any atom is 0.0365 e. The van der Waals surface area contributed by atoms with Crippen LogP contribution in [0.2, 0.25) is 0 Å². The van der Waals surface area contributed by atoms with Gasteiger partial charge < -0.3 is 4.90 Å². The Labute approximate surface area is 80.7 Å². The molecule has 0 aliphatic carbocycles. The second-order valence-corrected chi connectivity index (χ2v) is 3.22. The van der Waals surface area contributed by atoms with Gasteiger partial charge in [0.05, 0.1) is 0 Å². The van der Waals surface area contributed by atoms with Gasteiger partial charge in [-0.25, -0.2) is 0 Å². The predicted molar refractivity (Wildman–Crippen MR) is 58.2 cm³/mol. The van der Waals surface area contributed by atoms with E-state index in [1.807, 2.05) is 13.1 Å². The van der Waals surface area contributed by atoms with Crippen LogP contribution in [0.1, 0.15) is 20.3 Å². The topological polar surface area (TPSA) is 3.24 Å². The lowest BCUT2D eigenvalue weighted by Gasteiger charge is -2.29. The molecule has 1 nitrogen and oxygen atoms in total. The Kier molecular flexibility index (Phi) is 3.13. The van der Waals surface area contributed by atoms with Crippen molar-refractivity contribution >= 4 is 0 Å². The first-order valence-corrected chi connectivity index (χ1v) is 4.61. The van der Waals surface area contributed by atoms with Crippen LogP contribution in [0, 0.1) is 0 Å². The van der Waals surface area contributed by atoms with Crippen LogP contribution in [0.5, 0.6) is 0 Å². The van der Waals surface area contributed by atoms with Gasteiger partial charge in [0.2, 0.25) is 0 Å². The van der Waals surface area contributed by atoms with E-state index in [1.165, 1.54) is 11.1 Å². The summed E-state index contributed by atoms with van der Waals surface area (Å²) in [7, 11) is 0. The molecule has 0 atom stereocenters. The first kappa shape index (κ1) is 9.85. The first-order valence-electron chi connectivity index (χ1n) is 4.61. The zero-order valence-electron chi connectivity index (χ0n) is 8.51. The number of rotatable bonds is 2. The Morgan fingerprint density at radius 2 is 2.15 bits per heavy atom. The predicted octanol–water partition coefficient (Wildman–Crippen LogP) is 3.24. The second-order valence-electron chi connectivity index (χ2n) is 3.22. The summed E-state index contributed by atoms with van der Waals surface area (Å²) in [5, 5.41) is 0. The van der Waals surface area contributed by atoms with Crippen LogP contribution in [0.25, 0.3) is 0 Å². The fourth-order valence-corrected chi connectivity index (χ4v) is 1.58. The van der Waals surface area contributed by atoms with Gasteiger partial charge in [0.15, 0.2) is 0 Å². The minimum absolute atomic E-state index is 0.999. The van der Waals surface area contributed by atoms with E-state index >= 15 is 0 Å². The van der Waals surface area contributed by atoms with Crippen LogP contribution in [-0.2, 0) is 0 Å². The molecule has 0 fully saturated rings. The average Bonchev–Trinajstić information content (AvgIpc) is 2.14. The third-order valence-corrected chi connectivity index (χ3v) is 2.47. The maximum atomic E-state index is 4.04. The first-order chi connectivity index (χ1) is 6.20. The third-order valence-electron chi connectivity index (χ3n) is 2.47. The molecule has 0 amide bonds. The molecule has 1 aliphatic heterocycles. The smallest absolute Gasteiger partial charge is 0.0365 e. The monoisotopic (exact) mass is 175 g/mol. The Hall–Kier alpha value is -1.24. The van der Waals surface area contributed by atoms with Gasteiger partial charge in [0.25, 0.3) is 0 Å². The molecule has 0 spiro atoms. The second kappa shape index (κ2) is 4.13. The Morgan fingerprint density at radius 1 is 1.46 bits per heavy atom. The molecule has 0 bridgehead atoms. The van der Waals surface area contributed by atoms with E-state index in [-0.39, 0.29) is 0 Å². The Bertz CT molecular complexity index is 281. The molecule has 0 saturated carbocycles. The van der Waals surface area contributed by atoms with E-state index in [0.717, 1.165) is 18.7 Å². The molecular formula is C12H17N. The van der Waals surface area contributed by atoms with E-state index in [4.69, 9.17) is 0 Å². The fourth-order valence-electron chi connectivity index (χ4n) is 1.58. The highest BCUT2D eigenvalue weighted by molar-refractivity contribution is 5.39. The fraction of sp³-hybridized carbons (Fsp3) is 0.333. The van der Waals surface area contributed by atoms with Crippen LogP contribution in [-0.4, -0.2) is 11.4 Å². The zero-order valence-corrected chi connectivity index (χ0v) is 8.51. The highest BCUT2D eigenvalue weighted by atomic mass is 15.1. The maximum absolute atomic E-state index is 4.04. The normalized spacial score (nSPS) is 18.6. The molecule has 1 rings (SSSR count).